The highest BCUT2D eigenvalue weighted by atomic mass is 16.3. The molecule has 2 rings (SSSR count). The van der Waals surface area contributed by atoms with Crippen molar-refractivity contribution in [1.82, 2.24) is 5.32 Å². The molecule has 2 fully saturated rings. The van der Waals surface area contributed by atoms with Crippen molar-refractivity contribution in [1.29, 1.82) is 5.26 Å². The first-order chi connectivity index (χ1) is 7.72. The van der Waals surface area contributed by atoms with Gasteiger partial charge in [0.25, 0.3) is 0 Å². The Balaban J connectivity index is 2.21. The molecule has 1 aliphatic heterocycles. The lowest BCUT2D eigenvalue weighted by Crippen LogP contribution is -2.56. The Kier molecular flexibility index (Phi) is 3.51. The maximum atomic E-state index is 10.8. The third-order valence-electron chi connectivity index (χ3n) is 4.42. The van der Waals surface area contributed by atoms with Gasteiger partial charge in [-0.2, -0.15) is 5.26 Å². The molecular formula is C13H22N2O. The summed E-state index contributed by atoms with van der Waals surface area (Å²) in [5.74, 6) is 0. The maximum Gasteiger partial charge on any atom is 0.0957 e. The number of hydrogen-bond acceptors (Lipinski definition) is 3. The SMILES string of the molecule is N#CC1(C2(O)CCCNC2)CCCCCC1. The molecule has 0 aromatic carbocycles. The average Bonchev–Trinajstić information content (AvgIpc) is 2.56. The smallest absolute Gasteiger partial charge is 0.0957 e. The van der Waals surface area contributed by atoms with Crippen LogP contribution >= 0.6 is 0 Å². The molecule has 3 heteroatoms. The van der Waals surface area contributed by atoms with Crippen LogP contribution < -0.4 is 5.32 Å². The number of rotatable bonds is 1. The number of aliphatic hydroxyl groups is 1. The molecule has 1 saturated heterocycles. The van der Waals surface area contributed by atoms with Crippen LogP contribution in [-0.2, 0) is 0 Å². The van der Waals surface area contributed by atoms with Crippen molar-refractivity contribution in [2.24, 2.45) is 5.41 Å². The molecule has 3 nitrogen and oxygen atoms in total. The van der Waals surface area contributed by atoms with Gasteiger partial charge in [-0.15, -0.1) is 0 Å². The van der Waals surface area contributed by atoms with Gasteiger partial charge in [-0.25, -0.2) is 0 Å². The van der Waals surface area contributed by atoms with Crippen LogP contribution in [0.3, 0.4) is 0 Å². The van der Waals surface area contributed by atoms with E-state index in [1.54, 1.807) is 0 Å². The van der Waals surface area contributed by atoms with Crippen LogP contribution in [0.1, 0.15) is 51.4 Å². The van der Waals surface area contributed by atoms with Gasteiger partial charge in [-0.05, 0) is 32.2 Å². The number of β-amino-alcohol motifs (C(OH)–C–C–N with tert-alkyl or cyclic N) is 1. The monoisotopic (exact) mass is 222 g/mol. The lowest BCUT2D eigenvalue weighted by molar-refractivity contribution is -0.0784. The largest absolute Gasteiger partial charge is 0.387 e. The van der Waals surface area contributed by atoms with Gasteiger partial charge in [0.1, 0.15) is 0 Å². The predicted octanol–water partition coefficient (Wildman–Crippen LogP) is 1.97. The van der Waals surface area contributed by atoms with Gasteiger partial charge in [-0.1, -0.05) is 25.7 Å². The van der Waals surface area contributed by atoms with Crippen molar-refractivity contribution in [3.8, 4) is 6.07 Å². The quantitative estimate of drug-likeness (QED) is 0.667. The van der Waals surface area contributed by atoms with Crippen molar-refractivity contribution >= 4 is 0 Å². The first-order valence-corrected chi connectivity index (χ1v) is 6.57. The van der Waals surface area contributed by atoms with Crippen molar-refractivity contribution in [2.45, 2.75) is 57.0 Å². The number of nitriles is 1. The van der Waals surface area contributed by atoms with E-state index in [1.165, 1.54) is 12.8 Å². The minimum absolute atomic E-state index is 0.489. The predicted molar refractivity (Wildman–Crippen MR) is 62.8 cm³/mol. The van der Waals surface area contributed by atoms with Gasteiger partial charge in [-0.3, -0.25) is 0 Å². The molecule has 2 N–H and O–H groups in total. The van der Waals surface area contributed by atoms with Gasteiger partial charge in [0, 0.05) is 6.54 Å². The van der Waals surface area contributed by atoms with Crippen LogP contribution in [0.4, 0.5) is 0 Å². The number of hydrogen-bond donors (Lipinski definition) is 2. The standard InChI is InChI=1S/C13H22N2O/c14-10-12(6-3-1-2-4-7-12)13(16)8-5-9-15-11-13/h15-16H,1-9,11H2. The summed E-state index contributed by atoms with van der Waals surface area (Å²) >= 11 is 0. The molecule has 0 bridgehead atoms. The van der Waals surface area contributed by atoms with Crippen LogP contribution in [-0.4, -0.2) is 23.8 Å². The summed E-state index contributed by atoms with van der Waals surface area (Å²) in [6.07, 6.45) is 8.14. The fourth-order valence-corrected chi connectivity index (χ4v) is 3.31. The first kappa shape index (κ1) is 11.9. The van der Waals surface area contributed by atoms with Crippen LogP contribution in [0, 0.1) is 16.7 Å². The number of nitrogens with one attached hydrogen (secondary N) is 1. The Labute approximate surface area is 97.8 Å². The summed E-state index contributed by atoms with van der Waals surface area (Å²) in [6, 6.07) is 2.48. The number of nitrogens with zero attached hydrogens (tertiary/aromatic N) is 1. The highest BCUT2D eigenvalue weighted by molar-refractivity contribution is 5.13. The van der Waals surface area contributed by atoms with E-state index in [9.17, 15) is 10.4 Å². The molecule has 0 radical (unpaired) electrons. The molecule has 90 valence electrons. The summed E-state index contributed by atoms with van der Waals surface area (Å²) in [6.45, 7) is 1.57. The Morgan fingerprint density at radius 2 is 1.69 bits per heavy atom. The van der Waals surface area contributed by atoms with E-state index < -0.39 is 11.0 Å². The van der Waals surface area contributed by atoms with E-state index in [0.29, 0.717) is 6.54 Å². The number of piperidine rings is 1. The third kappa shape index (κ3) is 1.97. The Morgan fingerprint density at radius 3 is 2.19 bits per heavy atom. The molecule has 2 aliphatic rings. The van der Waals surface area contributed by atoms with E-state index >= 15 is 0 Å². The second-order valence-electron chi connectivity index (χ2n) is 5.42. The summed E-state index contributed by atoms with van der Waals surface area (Å²) < 4.78 is 0. The normalized spacial score (nSPS) is 35.0. The van der Waals surface area contributed by atoms with Gasteiger partial charge < -0.3 is 10.4 Å². The second kappa shape index (κ2) is 4.73. The molecule has 0 amide bonds. The summed E-state index contributed by atoms with van der Waals surface area (Å²) in [4.78, 5) is 0. The van der Waals surface area contributed by atoms with Crippen molar-refractivity contribution in [3.63, 3.8) is 0 Å². The van der Waals surface area contributed by atoms with E-state index in [-0.39, 0.29) is 0 Å². The molecule has 0 spiro atoms. The molecule has 0 aromatic rings. The maximum absolute atomic E-state index is 10.8. The molecule has 0 aromatic heterocycles. The van der Waals surface area contributed by atoms with Gasteiger partial charge in [0.05, 0.1) is 17.1 Å². The Bertz CT molecular complexity index is 268. The molecule has 16 heavy (non-hydrogen) atoms. The van der Waals surface area contributed by atoms with E-state index in [4.69, 9.17) is 0 Å². The van der Waals surface area contributed by atoms with Gasteiger partial charge >= 0.3 is 0 Å². The lowest BCUT2D eigenvalue weighted by atomic mass is 9.65. The zero-order valence-corrected chi connectivity index (χ0v) is 9.97. The van der Waals surface area contributed by atoms with Crippen molar-refractivity contribution in [3.05, 3.63) is 0 Å². The van der Waals surface area contributed by atoms with Gasteiger partial charge in [0.2, 0.25) is 0 Å². The first-order valence-electron chi connectivity index (χ1n) is 6.57. The van der Waals surface area contributed by atoms with Crippen molar-refractivity contribution in [2.75, 3.05) is 13.1 Å². The summed E-state index contributed by atoms with van der Waals surface area (Å²) in [5, 5.41) is 23.6. The second-order valence-corrected chi connectivity index (χ2v) is 5.42. The minimum atomic E-state index is -0.787. The highest BCUT2D eigenvalue weighted by Gasteiger charge is 2.50. The fourth-order valence-electron chi connectivity index (χ4n) is 3.31. The molecule has 1 unspecified atom stereocenters. The topological polar surface area (TPSA) is 56.0 Å². The van der Waals surface area contributed by atoms with E-state index in [1.807, 2.05) is 0 Å². The van der Waals surface area contributed by atoms with E-state index in [2.05, 4.69) is 11.4 Å². The molecule has 1 heterocycles. The highest BCUT2D eigenvalue weighted by Crippen LogP contribution is 2.46. The fraction of sp³-hybridized carbons (Fsp3) is 0.923. The average molecular weight is 222 g/mol. The zero-order chi connectivity index (χ0) is 11.5. The van der Waals surface area contributed by atoms with Gasteiger partial charge in [0.15, 0.2) is 0 Å². The van der Waals surface area contributed by atoms with Crippen molar-refractivity contribution < 1.29 is 5.11 Å². The minimum Gasteiger partial charge on any atom is -0.387 e. The molecule has 1 aliphatic carbocycles. The van der Waals surface area contributed by atoms with E-state index in [0.717, 1.165) is 45.1 Å². The molecule has 1 atom stereocenters. The zero-order valence-electron chi connectivity index (χ0n) is 9.97. The summed E-state index contributed by atoms with van der Waals surface area (Å²) in [5.41, 5.74) is -1.28. The van der Waals surface area contributed by atoms with Crippen LogP contribution in [0.15, 0.2) is 0 Å². The summed E-state index contributed by atoms with van der Waals surface area (Å²) in [7, 11) is 0. The molecule has 1 saturated carbocycles. The molecular weight excluding hydrogens is 200 g/mol. The third-order valence-corrected chi connectivity index (χ3v) is 4.42. The Hall–Kier alpha value is -0.590. The van der Waals surface area contributed by atoms with Crippen LogP contribution in [0.25, 0.3) is 0 Å². The van der Waals surface area contributed by atoms with Crippen LogP contribution in [0.2, 0.25) is 0 Å². The Morgan fingerprint density at radius 1 is 1.00 bits per heavy atom. The van der Waals surface area contributed by atoms with Crippen LogP contribution in [0.5, 0.6) is 0 Å². The lowest BCUT2D eigenvalue weighted by Gasteiger charge is -2.45.